The standard InChI is InChI=1S/C20H21N5OS/c1-3-4-8-26-14-7-5-6-13(9-14)17-18(25(2)12-24-17)16-10-15-19(21)22-11-23-20(15)27-16/h5-7,9-12H,3-4,8H2,1-2H3,(H2,21,22,23). The predicted molar refractivity (Wildman–Crippen MR) is 110 cm³/mol. The molecule has 0 aliphatic heterocycles. The Labute approximate surface area is 161 Å². The van der Waals surface area contributed by atoms with Crippen molar-refractivity contribution in [2.24, 2.45) is 7.05 Å². The van der Waals surface area contributed by atoms with E-state index in [1.807, 2.05) is 42.2 Å². The Bertz CT molecular complexity index is 1090. The molecular formula is C20H21N5OS. The van der Waals surface area contributed by atoms with Gasteiger partial charge in [-0.3, -0.25) is 0 Å². The topological polar surface area (TPSA) is 78.9 Å². The fourth-order valence-corrected chi connectivity index (χ4v) is 4.09. The zero-order chi connectivity index (χ0) is 18.8. The van der Waals surface area contributed by atoms with E-state index in [0.29, 0.717) is 5.82 Å². The average Bonchev–Trinajstić information content (AvgIpc) is 3.26. The van der Waals surface area contributed by atoms with E-state index in [-0.39, 0.29) is 0 Å². The number of hydrogen-bond acceptors (Lipinski definition) is 6. The molecule has 0 fully saturated rings. The second-order valence-electron chi connectivity index (χ2n) is 6.37. The summed E-state index contributed by atoms with van der Waals surface area (Å²) in [5.41, 5.74) is 8.97. The molecule has 0 saturated heterocycles. The van der Waals surface area contributed by atoms with Gasteiger partial charge in [0.05, 0.1) is 34.6 Å². The molecule has 4 rings (SSSR count). The van der Waals surface area contributed by atoms with Crippen LogP contribution in [0.5, 0.6) is 5.75 Å². The van der Waals surface area contributed by atoms with Gasteiger partial charge in [-0.15, -0.1) is 11.3 Å². The zero-order valence-electron chi connectivity index (χ0n) is 15.3. The minimum absolute atomic E-state index is 0.498. The Balaban J connectivity index is 1.75. The highest BCUT2D eigenvalue weighted by molar-refractivity contribution is 7.21. The van der Waals surface area contributed by atoms with Crippen molar-refractivity contribution in [3.8, 4) is 27.6 Å². The summed E-state index contributed by atoms with van der Waals surface area (Å²) in [7, 11) is 1.99. The lowest BCUT2D eigenvalue weighted by molar-refractivity contribution is 0.309. The van der Waals surface area contributed by atoms with Gasteiger partial charge >= 0.3 is 0 Å². The van der Waals surface area contributed by atoms with E-state index in [0.717, 1.165) is 57.2 Å². The van der Waals surface area contributed by atoms with Crippen molar-refractivity contribution in [1.29, 1.82) is 0 Å². The van der Waals surface area contributed by atoms with Gasteiger partial charge in [0, 0.05) is 12.6 Å². The molecule has 1 aromatic carbocycles. The van der Waals surface area contributed by atoms with Crippen molar-refractivity contribution < 1.29 is 4.74 Å². The van der Waals surface area contributed by atoms with Crippen LogP contribution in [-0.2, 0) is 7.05 Å². The lowest BCUT2D eigenvalue weighted by Gasteiger charge is -2.08. The highest BCUT2D eigenvalue weighted by Crippen LogP contribution is 2.39. The van der Waals surface area contributed by atoms with Crippen molar-refractivity contribution in [2.75, 3.05) is 12.3 Å². The molecule has 0 bridgehead atoms. The Morgan fingerprint density at radius 1 is 1.19 bits per heavy atom. The molecule has 27 heavy (non-hydrogen) atoms. The summed E-state index contributed by atoms with van der Waals surface area (Å²) in [4.78, 5) is 15.0. The van der Waals surface area contributed by atoms with E-state index >= 15 is 0 Å². The molecular weight excluding hydrogens is 358 g/mol. The summed E-state index contributed by atoms with van der Waals surface area (Å²) >= 11 is 1.59. The number of nitrogens with zero attached hydrogens (tertiary/aromatic N) is 4. The van der Waals surface area contributed by atoms with Gasteiger partial charge in [0.15, 0.2) is 0 Å². The SMILES string of the molecule is CCCCOc1cccc(-c2ncn(C)c2-c2cc3c(N)ncnc3s2)c1. The molecule has 4 aromatic rings. The zero-order valence-corrected chi connectivity index (χ0v) is 16.2. The molecule has 2 N–H and O–H groups in total. The van der Waals surface area contributed by atoms with Gasteiger partial charge in [0.1, 0.15) is 22.7 Å². The summed E-state index contributed by atoms with van der Waals surface area (Å²) in [5.74, 6) is 1.36. The van der Waals surface area contributed by atoms with E-state index in [1.165, 1.54) is 6.33 Å². The van der Waals surface area contributed by atoms with Gasteiger partial charge in [0.25, 0.3) is 0 Å². The fraction of sp³-hybridized carbons (Fsp3) is 0.250. The number of nitrogen functional groups attached to an aromatic ring is 1. The number of rotatable bonds is 6. The Hall–Kier alpha value is -2.93. The summed E-state index contributed by atoms with van der Waals surface area (Å²) in [6.07, 6.45) is 5.49. The lowest BCUT2D eigenvalue weighted by atomic mass is 10.1. The van der Waals surface area contributed by atoms with Gasteiger partial charge in [0.2, 0.25) is 0 Å². The maximum atomic E-state index is 6.00. The smallest absolute Gasteiger partial charge is 0.135 e. The number of unbranched alkanes of at least 4 members (excludes halogenated alkanes) is 1. The van der Waals surface area contributed by atoms with Crippen molar-refractivity contribution in [2.45, 2.75) is 19.8 Å². The summed E-state index contributed by atoms with van der Waals surface area (Å²) in [6, 6.07) is 10.1. The lowest BCUT2D eigenvalue weighted by Crippen LogP contribution is -1.96. The second kappa shape index (κ2) is 7.36. The molecule has 0 atom stereocenters. The number of thiophene rings is 1. The van der Waals surface area contributed by atoms with Crippen LogP contribution in [0.3, 0.4) is 0 Å². The average molecular weight is 379 g/mol. The summed E-state index contributed by atoms with van der Waals surface area (Å²) in [5, 5.41) is 0.876. The first kappa shape index (κ1) is 17.5. The van der Waals surface area contributed by atoms with E-state index in [1.54, 1.807) is 11.3 Å². The third-order valence-corrected chi connectivity index (χ3v) is 5.45. The molecule has 3 heterocycles. The minimum Gasteiger partial charge on any atom is -0.494 e. The molecule has 6 nitrogen and oxygen atoms in total. The van der Waals surface area contributed by atoms with Crippen LogP contribution in [0.25, 0.3) is 32.0 Å². The monoisotopic (exact) mass is 379 g/mol. The van der Waals surface area contributed by atoms with Crippen LogP contribution >= 0.6 is 11.3 Å². The number of anilines is 1. The van der Waals surface area contributed by atoms with E-state index in [9.17, 15) is 0 Å². The molecule has 0 unspecified atom stereocenters. The minimum atomic E-state index is 0.498. The molecule has 138 valence electrons. The third-order valence-electron chi connectivity index (χ3n) is 4.40. The molecule has 0 saturated carbocycles. The third kappa shape index (κ3) is 3.38. The summed E-state index contributed by atoms with van der Waals surface area (Å²) in [6.45, 7) is 2.88. The number of hydrogen-bond donors (Lipinski definition) is 1. The number of aromatic nitrogens is 4. The summed E-state index contributed by atoms with van der Waals surface area (Å²) < 4.78 is 7.88. The Morgan fingerprint density at radius 2 is 2.07 bits per heavy atom. The molecule has 0 amide bonds. The number of fused-ring (bicyclic) bond motifs is 1. The molecule has 7 heteroatoms. The highest BCUT2D eigenvalue weighted by atomic mass is 32.1. The Morgan fingerprint density at radius 3 is 2.89 bits per heavy atom. The first-order valence-corrected chi connectivity index (χ1v) is 9.74. The maximum Gasteiger partial charge on any atom is 0.135 e. The second-order valence-corrected chi connectivity index (χ2v) is 7.40. The molecule has 0 spiro atoms. The quantitative estimate of drug-likeness (QED) is 0.498. The largest absolute Gasteiger partial charge is 0.494 e. The normalized spacial score (nSPS) is 11.2. The number of imidazole rings is 1. The predicted octanol–water partition coefficient (Wildman–Crippen LogP) is 4.52. The van der Waals surface area contributed by atoms with Crippen molar-refractivity contribution in [1.82, 2.24) is 19.5 Å². The fourth-order valence-electron chi connectivity index (χ4n) is 2.99. The number of ether oxygens (including phenoxy) is 1. The van der Waals surface area contributed by atoms with Crippen molar-refractivity contribution in [3.05, 3.63) is 43.0 Å². The maximum absolute atomic E-state index is 6.00. The van der Waals surface area contributed by atoms with Crippen LogP contribution in [0.1, 0.15) is 19.8 Å². The van der Waals surface area contributed by atoms with Crippen LogP contribution < -0.4 is 10.5 Å². The van der Waals surface area contributed by atoms with Crippen LogP contribution in [-0.4, -0.2) is 26.1 Å². The number of nitrogens with two attached hydrogens (primary N) is 1. The van der Waals surface area contributed by atoms with Gasteiger partial charge in [-0.1, -0.05) is 25.5 Å². The number of aryl methyl sites for hydroxylation is 1. The van der Waals surface area contributed by atoms with E-state index in [2.05, 4.69) is 27.9 Å². The van der Waals surface area contributed by atoms with Crippen molar-refractivity contribution in [3.63, 3.8) is 0 Å². The number of benzene rings is 1. The van der Waals surface area contributed by atoms with Gasteiger partial charge < -0.3 is 15.0 Å². The van der Waals surface area contributed by atoms with Gasteiger partial charge in [-0.05, 0) is 24.6 Å². The van der Waals surface area contributed by atoms with Gasteiger partial charge in [-0.25, -0.2) is 15.0 Å². The van der Waals surface area contributed by atoms with E-state index in [4.69, 9.17) is 10.5 Å². The Kier molecular flexibility index (Phi) is 4.77. The molecule has 0 aliphatic carbocycles. The van der Waals surface area contributed by atoms with Crippen LogP contribution in [0.2, 0.25) is 0 Å². The van der Waals surface area contributed by atoms with Crippen LogP contribution in [0.15, 0.2) is 43.0 Å². The first-order chi connectivity index (χ1) is 13.2. The van der Waals surface area contributed by atoms with E-state index < -0.39 is 0 Å². The highest BCUT2D eigenvalue weighted by Gasteiger charge is 2.17. The van der Waals surface area contributed by atoms with Crippen LogP contribution in [0, 0.1) is 0 Å². The molecule has 0 radical (unpaired) electrons. The van der Waals surface area contributed by atoms with Gasteiger partial charge in [-0.2, -0.15) is 0 Å². The molecule has 3 aromatic heterocycles. The van der Waals surface area contributed by atoms with Crippen molar-refractivity contribution >= 4 is 27.4 Å². The van der Waals surface area contributed by atoms with Crippen LogP contribution in [0.4, 0.5) is 5.82 Å². The first-order valence-electron chi connectivity index (χ1n) is 8.92. The molecule has 0 aliphatic rings.